The van der Waals surface area contributed by atoms with E-state index in [4.69, 9.17) is 27.2 Å². The second-order valence-electron chi connectivity index (χ2n) is 4.94. The minimum absolute atomic E-state index is 0.00601. The summed E-state index contributed by atoms with van der Waals surface area (Å²) in [6.45, 7) is 0.359. The van der Waals surface area contributed by atoms with Crippen molar-refractivity contribution < 1.29 is 24.5 Å². The van der Waals surface area contributed by atoms with E-state index < -0.39 is 5.97 Å². The van der Waals surface area contributed by atoms with Gasteiger partial charge in [-0.15, -0.1) is 0 Å². The second-order valence-corrected chi connectivity index (χ2v) is 6.62. The largest absolute Gasteiger partial charge is 0.491 e. The summed E-state index contributed by atoms with van der Waals surface area (Å²) in [7, 11) is 0. The van der Waals surface area contributed by atoms with Gasteiger partial charge < -0.3 is 14.9 Å². The molecule has 0 aliphatic carbocycles. The van der Waals surface area contributed by atoms with Crippen LogP contribution < -0.4 is 4.74 Å². The van der Waals surface area contributed by atoms with Gasteiger partial charge in [0.15, 0.2) is 0 Å². The van der Waals surface area contributed by atoms with Crippen LogP contribution in [0.4, 0.5) is 0 Å². The van der Waals surface area contributed by atoms with E-state index in [0.29, 0.717) is 21.4 Å². The highest BCUT2D eigenvalue weighted by Gasteiger charge is 2.31. The van der Waals surface area contributed by atoms with Gasteiger partial charge in [0.2, 0.25) is 0 Å². The fourth-order valence-corrected chi connectivity index (χ4v) is 3.41. The number of hydrogen-bond donors (Lipinski definition) is 2. The molecule has 0 radical (unpaired) electrons. The van der Waals surface area contributed by atoms with Gasteiger partial charge in [-0.2, -0.15) is 0 Å². The van der Waals surface area contributed by atoms with E-state index in [-0.39, 0.29) is 32.1 Å². The molecule has 0 bridgehead atoms. The lowest BCUT2D eigenvalue weighted by molar-refractivity contribution is -0.137. The van der Waals surface area contributed by atoms with E-state index in [1.165, 1.54) is 16.7 Å². The molecule has 8 heteroatoms. The molecule has 2 N–H and O–H groups in total. The molecule has 6 nitrogen and oxygen atoms in total. The highest BCUT2D eigenvalue weighted by atomic mass is 32.2. The highest BCUT2D eigenvalue weighted by molar-refractivity contribution is 8.26. The maximum atomic E-state index is 12.4. The number of amides is 1. The molecule has 0 saturated carbocycles. The molecule has 1 aliphatic heterocycles. The normalized spacial score (nSPS) is 16.0. The number of nitrogens with zero attached hydrogens (tertiary/aromatic N) is 1. The van der Waals surface area contributed by atoms with Crippen molar-refractivity contribution >= 4 is 46.3 Å². The van der Waals surface area contributed by atoms with Crippen LogP contribution >= 0.6 is 24.0 Å². The number of aliphatic hydroxyl groups excluding tert-OH is 1. The Bertz CT molecular complexity index is 674. The van der Waals surface area contributed by atoms with Gasteiger partial charge in [0.05, 0.1) is 11.5 Å². The Labute approximate surface area is 149 Å². The van der Waals surface area contributed by atoms with Gasteiger partial charge in [-0.25, -0.2) is 0 Å². The van der Waals surface area contributed by atoms with Gasteiger partial charge in [-0.1, -0.05) is 42.2 Å². The molecule has 2 rings (SSSR count). The van der Waals surface area contributed by atoms with Gasteiger partial charge in [-0.3, -0.25) is 14.5 Å². The molecule has 24 heavy (non-hydrogen) atoms. The fraction of sp³-hybridized carbons (Fsp3) is 0.312. The molecule has 1 amide bonds. The van der Waals surface area contributed by atoms with Crippen LogP contribution in [0.25, 0.3) is 6.08 Å². The third-order valence-electron chi connectivity index (χ3n) is 3.20. The number of carbonyl (C=O) groups excluding carboxylic acids is 1. The van der Waals surface area contributed by atoms with Crippen LogP contribution in [-0.2, 0) is 9.59 Å². The number of thioether (sulfide) groups is 1. The zero-order valence-electron chi connectivity index (χ0n) is 12.8. The number of para-hydroxylation sites is 1. The van der Waals surface area contributed by atoms with Crippen molar-refractivity contribution in [3.8, 4) is 5.75 Å². The summed E-state index contributed by atoms with van der Waals surface area (Å²) in [6.07, 6.45) is 2.04. The van der Waals surface area contributed by atoms with Crippen molar-refractivity contribution in [2.24, 2.45) is 0 Å². The average Bonchev–Trinajstić information content (AvgIpc) is 2.81. The maximum absolute atomic E-state index is 12.4. The van der Waals surface area contributed by atoms with Crippen molar-refractivity contribution in [3.63, 3.8) is 0 Å². The monoisotopic (exact) mass is 367 g/mol. The maximum Gasteiger partial charge on any atom is 0.303 e. The first kappa shape index (κ1) is 18.4. The number of hydrogen-bond acceptors (Lipinski definition) is 6. The summed E-state index contributed by atoms with van der Waals surface area (Å²) in [4.78, 5) is 24.9. The first-order chi connectivity index (χ1) is 11.5. The van der Waals surface area contributed by atoms with E-state index >= 15 is 0 Å². The third kappa shape index (κ3) is 4.80. The average molecular weight is 367 g/mol. The van der Waals surface area contributed by atoms with Crippen LogP contribution in [0.5, 0.6) is 5.75 Å². The molecule has 1 saturated heterocycles. The lowest BCUT2D eigenvalue weighted by Gasteiger charge is -2.13. The first-order valence-electron chi connectivity index (χ1n) is 7.32. The molecule has 1 aromatic rings. The molecule has 1 aliphatic rings. The standard InChI is InChI=1S/C16H17NO5S2/c18-8-9-22-12-5-2-1-4-11(12)10-13-15(21)17(16(23)24-13)7-3-6-14(19)20/h1-2,4-5,10,18H,3,6-9H2,(H,19,20)/b13-10-. The van der Waals surface area contributed by atoms with Gasteiger partial charge in [0, 0.05) is 18.5 Å². The lowest BCUT2D eigenvalue weighted by atomic mass is 10.2. The Hall–Kier alpha value is -1.90. The minimum atomic E-state index is -0.897. The summed E-state index contributed by atoms with van der Waals surface area (Å²) >= 11 is 6.39. The molecule has 0 unspecified atom stereocenters. The topological polar surface area (TPSA) is 87.1 Å². The smallest absolute Gasteiger partial charge is 0.303 e. The number of aliphatic hydroxyl groups is 1. The van der Waals surface area contributed by atoms with Gasteiger partial charge in [0.25, 0.3) is 5.91 Å². The number of aliphatic carboxylic acids is 1. The number of rotatable bonds is 8. The van der Waals surface area contributed by atoms with E-state index in [0.717, 1.165) is 5.56 Å². The number of carboxylic acids is 1. The summed E-state index contributed by atoms with van der Waals surface area (Å²) in [5.41, 5.74) is 0.719. The van der Waals surface area contributed by atoms with E-state index in [1.54, 1.807) is 18.2 Å². The van der Waals surface area contributed by atoms with Crippen molar-refractivity contribution in [1.29, 1.82) is 0 Å². The van der Waals surface area contributed by atoms with E-state index in [1.807, 2.05) is 12.1 Å². The molecule has 1 aromatic carbocycles. The minimum Gasteiger partial charge on any atom is -0.491 e. The fourth-order valence-electron chi connectivity index (χ4n) is 2.11. The molecular formula is C16H17NO5S2. The molecule has 0 atom stereocenters. The Morgan fingerprint density at radius 3 is 2.83 bits per heavy atom. The summed E-state index contributed by atoms with van der Waals surface area (Å²) < 4.78 is 5.87. The lowest BCUT2D eigenvalue weighted by Crippen LogP contribution is -2.29. The van der Waals surface area contributed by atoms with Crippen molar-refractivity contribution in [3.05, 3.63) is 34.7 Å². The molecular weight excluding hydrogens is 350 g/mol. The van der Waals surface area contributed by atoms with Crippen LogP contribution in [-0.4, -0.2) is 51.1 Å². The quantitative estimate of drug-likeness (QED) is 0.537. The van der Waals surface area contributed by atoms with Crippen molar-refractivity contribution in [2.45, 2.75) is 12.8 Å². The van der Waals surface area contributed by atoms with Gasteiger partial charge in [0.1, 0.15) is 16.7 Å². The van der Waals surface area contributed by atoms with Gasteiger partial charge in [-0.05, 0) is 18.6 Å². The third-order valence-corrected chi connectivity index (χ3v) is 4.58. The second kappa shape index (κ2) is 8.81. The Morgan fingerprint density at radius 2 is 2.12 bits per heavy atom. The van der Waals surface area contributed by atoms with Crippen LogP contribution in [0.3, 0.4) is 0 Å². The highest BCUT2D eigenvalue weighted by Crippen LogP contribution is 2.34. The zero-order valence-corrected chi connectivity index (χ0v) is 14.4. The van der Waals surface area contributed by atoms with Crippen LogP contribution in [0.15, 0.2) is 29.2 Å². The molecule has 1 fully saturated rings. The number of thiocarbonyl (C=S) groups is 1. The summed E-state index contributed by atoms with van der Waals surface area (Å²) in [6, 6.07) is 7.20. The van der Waals surface area contributed by atoms with E-state index in [2.05, 4.69) is 0 Å². The Balaban J connectivity index is 2.12. The summed E-state index contributed by atoms with van der Waals surface area (Å²) in [5.74, 6) is -0.555. The van der Waals surface area contributed by atoms with Gasteiger partial charge >= 0.3 is 5.97 Å². The van der Waals surface area contributed by atoms with Crippen molar-refractivity contribution in [2.75, 3.05) is 19.8 Å². The molecule has 1 heterocycles. The molecule has 0 spiro atoms. The number of carboxylic acid groups (broad SMARTS) is 1. The number of benzene rings is 1. The zero-order chi connectivity index (χ0) is 17.5. The SMILES string of the molecule is O=C(O)CCCN1C(=O)/C(=C/c2ccccc2OCCO)SC1=S. The number of ether oxygens (including phenoxy) is 1. The van der Waals surface area contributed by atoms with Crippen LogP contribution in [0, 0.1) is 0 Å². The van der Waals surface area contributed by atoms with E-state index in [9.17, 15) is 9.59 Å². The summed E-state index contributed by atoms with van der Waals surface area (Å²) in [5, 5.41) is 17.6. The predicted molar refractivity (Wildman–Crippen MR) is 95.8 cm³/mol. The first-order valence-corrected chi connectivity index (χ1v) is 8.55. The van der Waals surface area contributed by atoms with Crippen LogP contribution in [0.2, 0.25) is 0 Å². The van der Waals surface area contributed by atoms with Crippen molar-refractivity contribution in [1.82, 2.24) is 4.90 Å². The van der Waals surface area contributed by atoms with Crippen LogP contribution in [0.1, 0.15) is 18.4 Å². The molecule has 128 valence electrons. The predicted octanol–water partition coefficient (Wildman–Crippen LogP) is 2.12. The molecule has 0 aromatic heterocycles. The Kier molecular flexibility index (Phi) is 6.77. The number of carbonyl (C=O) groups is 2. The Morgan fingerprint density at radius 1 is 1.38 bits per heavy atom.